The van der Waals surface area contributed by atoms with E-state index in [0.29, 0.717) is 0 Å². The van der Waals surface area contributed by atoms with E-state index in [1.54, 1.807) is 0 Å². The topological polar surface area (TPSA) is 0 Å². The van der Waals surface area contributed by atoms with Gasteiger partial charge in [-0.15, -0.1) is 0 Å². The largest absolute Gasteiger partial charge is 0.0776 e. The molecule has 3 heteroatoms. The Morgan fingerprint density at radius 1 is 0.0800 bits per heavy atom. The first kappa shape index (κ1) is 5770. The first-order valence-corrected chi connectivity index (χ1v) is 0. The van der Waals surface area contributed by atoms with Gasteiger partial charge in [0.2, 0.25) is 0 Å². The Morgan fingerprint density at radius 3 is 0.0800 bits per heavy atom. The van der Waals surface area contributed by atoms with Gasteiger partial charge in [0, 0.05) is 55.7 Å². The van der Waals surface area contributed by atoms with E-state index >= 15 is 0 Å². The third-order valence-electron chi connectivity index (χ3n) is 0. The molecular weight excluding hydrogens is 417 g/mol. The SMILES string of the molecule is C.C.C.C.C.C.C.C.C.C.C.C.C.C.C.C.C.C.C.C.C.C.[V].[V].[V]. The number of hydrogen-bond donors (Lipinski definition) is 0. The zero-order valence-corrected chi connectivity index (χ0v) is 5.53. The molecule has 0 unspecified atom stereocenters. The summed E-state index contributed by atoms with van der Waals surface area (Å²) in [7, 11) is 0. The molecule has 0 aromatic heterocycles. The average Bonchev–Trinajstić information content (AvgIpc) is 0. The third kappa shape index (κ3) is 4730. The predicted octanol–water partition coefficient (Wildman–Crippen LogP) is 14.0. The smallest absolute Gasteiger partial charge is 0 e. The molecule has 0 aliphatic heterocycles. The van der Waals surface area contributed by atoms with Crippen molar-refractivity contribution in [3.8, 4) is 0 Å². The van der Waals surface area contributed by atoms with Crippen molar-refractivity contribution in [2.24, 2.45) is 0 Å². The third-order valence-corrected chi connectivity index (χ3v) is 0. The maximum absolute atomic E-state index is 0. The van der Waals surface area contributed by atoms with Crippen molar-refractivity contribution in [1.82, 2.24) is 0 Å². The van der Waals surface area contributed by atoms with Crippen LogP contribution in [0.1, 0.15) is 163 Å². The maximum Gasteiger partial charge on any atom is 0 e. The first-order valence-electron chi connectivity index (χ1n) is 0. The van der Waals surface area contributed by atoms with E-state index in [1.807, 2.05) is 0 Å². The van der Waals surface area contributed by atoms with Crippen molar-refractivity contribution in [3.63, 3.8) is 0 Å². The van der Waals surface area contributed by atoms with Crippen molar-refractivity contribution >= 4 is 0 Å². The van der Waals surface area contributed by atoms with Gasteiger partial charge in [-0.1, -0.05) is 163 Å². The van der Waals surface area contributed by atoms with E-state index in [2.05, 4.69) is 0 Å². The summed E-state index contributed by atoms with van der Waals surface area (Å²) in [4.78, 5) is 0. The Hall–Kier alpha value is 1.75. The van der Waals surface area contributed by atoms with Crippen molar-refractivity contribution in [2.75, 3.05) is 0 Å². The standard InChI is InChI=1S/22CH4.3V/h22*1H4;;;. The van der Waals surface area contributed by atoms with Gasteiger partial charge in [0.15, 0.2) is 0 Å². The van der Waals surface area contributed by atoms with Crippen molar-refractivity contribution in [1.29, 1.82) is 0 Å². The summed E-state index contributed by atoms with van der Waals surface area (Å²) >= 11 is 0. The Kier molecular flexibility index (Phi) is 1190000. The first-order chi connectivity index (χ1) is 0. The van der Waals surface area contributed by atoms with Crippen molar-refractivity contribution in [2.45, 2.75) is 163 Å². The van der Waals surface area contributed by atoms with E-state index in [1.165, 1.54) is 0 Å². The second kappa shape index (κ2) is 5130. The van der Waals surface area contributed by atoms with Crippen LogP contribution < -0.4 is 0 Å². The zero-order chi connectivity index (χ0) is 0. The van der Waals surface area contributed by atoms with E-state index in [9.17, 15) is 0 Å². The summed E-state index contributed by atoms with van der Waals surface area (Å²) < 4.78 is 0. The Morgan fingerprint density at radius 2 is 0.0800 bits per heavy atom. The molecule has 0 N–H and O–H groups in total. The molecule has 25 heavy (non-hydrogen) atoms. The number of rotatable bonds is 0. The molecule has 0 amide bonds. The van der Waals surface area contributed by atoms with Gasteiger partial charge in [-0.2, -0.15) is 0 Å². The van der Waals surface area contributed by atoms with Crippen LogP contribution in [0.5, 0.6) is 0 Å². The fourth-order valence-corrected chi connectivity index (χ4v) is 0. The summed E-state index contributed by atoms with van der Waals surface area (Å²) in [6.07, 6.45) is 0. The van der Waals surface area contributed by atoms with E-state index in [0.717, 1.165) is 0 Å². The van der Waals surface area contributed by atoms with Crippen LogP contribution in [0.25, 0.3) is 0 Å². The van der Waals surface area contributed by atoms with Gasteiger partial charge in [-0.3, -0.25) is 0 Å². The molecule has 0 fully saturated rings. The fourth-order valence-electron chi connectivity index (χ4n) is 0. The van der Waals surface area contributed by atoms with Gasteiger partial charge < -0.3 is 0 Å². The Labute approximate surface area is 218 Å². The number of hydrogen-bond acceptors (Lipinski definition) is 0. The zero-order valence-electron chi connectivity index (χ0n) is 1.34. The van der Waals surface area contributed by atoms with E-state index in [4.69, 9.17) is 0 Å². The van der Waals surface area contributed by atoms with E-state index in [-0.39, 0.29) is 219 Å². The monoisotopic (exact) mass is 506 g/mol. The fraction of sp³-hybridized carbons (Fsp3) is 1.00. The van der Waals surface area contributed by atoms with Crippen LogP contribution in [0.15, 0.2) is 0 Å². The molecule has 0 heterocycles. The summed E-state index contributed by atoms with van der Waals surface area (Å²) in [5.41, 5.74) is 0. The molecule has 0 nitrogen and oxygen atoms in total. The predicted molar refractivity (Wildman–Crippen MR) is 148 cm³/mol. The van der Waals surface area contributed by atoms with Crippen LogP contribution in [-0.2, 0) is 55.7 Å². The van der Waals surface area contributed by atoms with Crippen LogP contribution in [-0.4, -0.2) is 0 Å². The molecule has 0 saturated carbocycles. The summed E-state index contributed by atoms with van der Waals surface area (Å²) in [6.45, 7) is 0. The summed E-state index contributed by atoms with van der Waals surface area (Å²) in [5, 5.41) is 0. The van der Waals surface area contributed by atoms with Gasteiger partial charge in [-0.25, -0.2) is 0 Å². The molecule has 0 atom stereocenters. The Bertz CT molecular complexity index is 13.2. The van der Waals surface area contributed by atoms with Crippen LogP contribution in [0.4, 0.5) is 0 Å². The molecule has 0 aromatic carbocycles. The second-order valence-electron chi connectivity index (χ2n) is 0. The minimum absolute atomic E-state index is 0. The van der Waals surface area contributed by atoms with Crippen LogP contribution in [0.3, 0.4) is 0 Å². The summed E-state index contributed by atoms with van der Waals surface area (Å²) in [6, 6.07) is 0. The normalized spacial score (nSPS) is 0. The molecule has 0 rings (SSSR count). The van der Waals surface area contributed by atoms with Crippen molar-refractivity contribution < 1.29 is 55.7 Å². The Balaban J connectivity index is 0. The molecule has 0 bridgehead atoms. The van der Waals surface area contributed by atoms with Gasteiger partial charge in [0.05, 0.1) is 0 Å². The quantitative estimate of drug-likeness (QED) is 0.307. The van der Waals surface area contributed by atoms with Crippen molar-refractivity contribution in [3.05, 3.63) is 0 Å². The van der Waals surface area contributed by atoms with Crippen LogP contribution in [0, 0.1) is 0 Å². The molecule has 0 aromatic rings. The molecule has 191 valence electrons. The molecular formula is C22H88V3. The second-order valence-corrected chi connectivity index (χ2v) is 0. The van der Waals surface area contributed by atoms with Gasteiger partial charge in [0.25, 0.3) is 0 Å². The van der Waals surface area contributed by atoms with E-state index < -0.39 is 0 Å². The van der Waals surface area contributed by atoms with Crippen LogP contribution >= 0.6 is 0 Å². The maximum atomic E-state index is 0. The van der Waals surface area contributed by atoms with Gasteiger partial charge in [-0.05, 0) is 0 Å². The molecule has 3 radical (unpaired) electrons. The van der Waals surface area contributed by atoms with Gasteiger partial charge >= 0.3 is 0 Å². The molecule has 0 spiro atoms. The molecule has 0 saturated heterocycles. The summed E-state index contributed by atoms with van der Waals surface area (Å²) in [5.74, 6) is 0. The van der Waals surface area contributed by atoms with Crippen LogP contribution in [0.2, 0.25) is 0 Å². The minimum atomic E-state index is 0. The molecule has 0 aliphatic rings. The average molecular weight is 506 g/mol. The minimum Gasteiger partial charge on any atom is -0.0776 e. The van der Waals surface area contributed by atoms with Gasteiger partial charge in [0.1, 0.15) is 0 Å². The molecule has 0 aliphatic carbocycles.